The monoisotopic (exact) mass is 432 g/mol. The number of carbonyl (C=O) groups excluding carboxylic acids is 2. The second kappa shape index (κ2) is 10.1. The van der Waals surface area contributed by atoms with E-state index in [1.54, 1.807) is 18.9 Å². The van der Waals surface area contributed by atoms with Crippen molar-refractivity contribution in [2.24, 2.45) is 4.99 Å². The van der Waals surface area contributed by atoms with Crippen molar-refractivity contribution in [2.75, 3.05) is 26.9 Å². The van der Waals surface area contributed by atoms with E-state index in [0.717, 1.165) is 17.7 Å². The van der Waals surface area contributed by atoms with Crippen LogP contribution >= 0.6 is 11.8 Å². The molecule has 0 saturated carbocycles. The second-order valence-corrected chi connectivity index (χ2v) is 8.24. The first-order valence-corrected chi connectivity index (χ1v) is 11.1. The molecule has 2 aliphatic rings. The van der Waals surface area contributed by atoms with E-state index in [2.05, 4.69) is 4.99 Å². The van der Waals surface area contributed by atoms with Gasteiger partial charge in [-0.1, -0.05) is 37.7 Å². The van der Waals surface area contributed by atoms with Crippen molar-refractivity contribution in [1.82, 2.24) is 4.90 Å². The van der Waals surface area contributed by atoms with Crippen LogP contribution in [0.1, 0.15) is 45.2 Å². The van der Waals surface area contributed by atoms with Crippen molar-refractivity contribution in [2.45, 2.75) is 44.9 Å². The number of carbonyl (C=O) groups is 2. The maximum absolute atomic E-state index is 13.1. The van der Waals surface area contributed by atoms with Gasteiger partial charge in [-0.2, -0.15) is 0 Å². The van der Waals surface area contributed by atoms with Crippen molar-refractivity contribution in [3.8, 4) is 5.75 Å². The molecule has 3 rings (SSSR count). The quantitative estimate of drug-likeness (QED) is 0.437. The Hall–Kier alpha value is -2.32. The Morgan fingerprint density at radius 2 is 1.90 bits per heavy atom. The summed E-state index contributed by atoms with van der Waals surface area (Å²) in [5, 5.41) is 0.434. The molecular formula is C22H28N2O5S. The Morgan fingerprint density at radius 1 is 1.17 bits per heavy atom. The predicted octanol–water partition coefficient (Wildman–Crippen LogP) is 3.70. The van der Waals surface area contributed by atoms with Gasteiger partial charge in [0.1, 0.15) is 12.4 Å². The van der Waals surface area contributed by atoms with E-state index in [9.17, 15) is 9.59 Å². The van der Waals surface area contributed by atoms with Crippen LogP contribution < -0.4 is 4.74 Å². The number of fused-ring (bicyclic) bond motifs is 1. The minimum atomic E-state index is -0.579. The van der Waals surface area contributed by atoms with Crippen LogP contribution in [0.25, 0.3) is 0 Å². The van der Waals surface area contributed by atoms with E-state index >= 15 is 0 Å². The lowest BCUT2D eigenvalue weighted by Crippen LogP contribution is -2.40. The Balaban J connectivity index is 1.98. The van der Waals surface area contributed by atoms with Gasteiger partial charge in [-0.05, 0) is 37.5 Å². The van der Waals surface area contributed by atoms with Gasteiger partial charge in [-0.3, -0.25) is 9.69 Å². The zero-order valence-electron chi connectivity index (χ0n) is 17.8. The fourth-order valence-electron chi connectivity index (χ4n) is 3.43. The number of amidine groups is 1. The van der Waals surface area contributed by atoms with E-state index in [-0.39, 0.29) is 17.8 Å². The molecular weight excluding hydrogens is 404 g/mol. The van der Waals surface area contributed by atoms with Gasteiger partial charge in [0.05, 0.1) is 35.8 Å². The summed E-state index contributed by atoms with van der Waals surface area (Å²) in [5.41, 5.74) is 1.76. The molecule has 2 unspecified atom stereocenters. The Bertz CT molecular complexity index is 850. The number of allylic oxidation sites excluding steroid dienone is 1. The topological polar surface area (TPSA) is 77.4 Å². The van der Waals surface area contributed by atoms with Crippen LogP contribution in [0.2, 0.25) is 0 Å². The van der Waals surface area contributed by atoms with Gasteiger partial charge in [0.2, 0.25) is 5.91 Å². The summed E-state index contributed by atoms with van der Waals surface area (Å²) in [5.74, 6) is 0.234. The Kier molecular flexibility index (Phi) is 7.55. The number of benzene rings is 1. The molecule has 30 heavy (non-hydrogen) atoms. The van der Waals surface area contributed by atoms with Gasteiger partial charge in [-0.25, -0.2) is 9.79 Å². The highest BCUT2D eigenvalue weighted by Gasteiger charge is 2.47. The molecule has 1 amide bonds. The number of thioether (sulfide) groups is 1. The van der Waals surface area contributed by atoms with Crippen LogP contribution in [0.4, 0.5) is 0 Å². The molecule has 2 heterocycles. The molecule has 0 bridgehead atoms. The van der Waals surface area contributed by atoms with Crippen LogP contribution in [0, 0.1) is 0 Å². The van der Waals surface area contributed by atoms with E-state index in [1.807, 2.05) is 38.1 Å². The molecule has 1 aromatic carbocycles. The largest absolute Gasteiger partial charge is 0.494 e. The molecule has 0 radical (unpaired) electrons. The average Bonchev–Trinajstić information content (AvgIpc) is 3.06. The number of aliphatic imine (C=N–C) groups is 1. The number of nitrogens with zero attached hydrogens (tertiary/aromatic N) is 2. The van der Waals surface area contributed by atoms with Gasteiger partial charge < -0.3 is 14.2 Å². The summed E-state index contributed by atoms with van der Waals surface area (Å²) in [4.78, 5) is 32.3. The fourth-order valence-corrected chi connectivity index (χ4v) is 4.56. The molecule has 1 aromatic rings. The van der Waals surface area contributed by atoms with Crippen molar-refractivity contribution in [1.29, 1.82) is 0 Å². The van der Waals surface area contributed by atoms with Crippen LogP contribution in [-0.4, -0.2) is 54.1 Å². The number of hydrogen-bond donors (Lipinski definition) is 0. The van der Waals surface area contributed by atoms with Crippen LogP contribution in [-0.2, 0) is 19.1 Å². The zero-order valence-corrected chi connectivity index (χ0v) is 18.7. The standard InChI is InChI=1S/C22H28N2O5S/c1-5-11-28-16-9-7-15(8-10-16)19-18(21(26)29-13-12-27-4)14(3)23-22-24(19)20(25)17(6-2)30-22/h7-10,17,19H,5-6,11-13H2,1-4H3. The maximum atomic E-state index is 13.1. The summed E-state index contributed by atoms with van der Waals surface area (Å²) in [6.45, 7) is 6.88. The summed E-state index contributed by atoms with van der Waals surface area (Å²) in [6.07, 6.45) is 1.61. The summed E-state index contributed by atoms with van der Waals surface area (Å²) in [7, 11) is 1.55. The molecule has 2 atom stereocenters. The first kappa shape index (κ1) is 22.4. The number of methoxy groups -OCH3 is 1. The smallest absolute Gasteiger partial charge is 0.338 e. The minimum Gasteiger partial charge on any atom is -0.494 e. The molecule has 8 heteroatoms. The third kappa shape index (κ3) is 4.54. The third-order valence-electron chi connectivity index (χ3n) is 4.93. The van der Waals surface area contributed by atoms with E-state index in [0.29, 0.717) is 36.1 Å². The molecule has 1 saturated heterocycles. The van der Waals surface area contributed by atoms with E-state index in [4.69, 9.17) is 14.2 Å². The molecule has 0 N–H and O–H groups in total. The van der Waals surface area contributed by atoms with Crippen molar-refractivity contribution >= 4 is 28.8 Å². The van der Waals surface area contributed by atoms with Crippen LogP contribution in [0.15, 0.2) is 40.5 Å². The Labute approximate surface area is 181 Å². The first-order valence-electron chi connectivity index (χ1n) is 10.2. The maximum Gasteiger partial charge on any atom is 0.338 e. The number of hydrogen-bond acceptors (Lipinski definition) is 7. The molecule has 1 fully saturated rings. The lowest BCUT2D eigenvalue weighted by Gasteiger charge is -2.33. The normalized spacial score (nSPS) is 20.9. The molecule has 0 aliphatic carbocycles. The van der Waals surface area contributed by atoms with Gasteiger partial charge in [0.15, 0.2) is 5.17 Å². The van der Waals surface area contributed by atoms with Crippen molar-refractivity contribution in [3.05, 3.63) is 41.1 Å². The zero-order chi connectivity index (χ0) is 21.7. The van der Waals surface area contributed by atoms with E-state index < -0.39 is 12.0 Å². The second-order valence-electron chi connectivity index (χ2n) is 7.07. The van der Waals surface area contributed by atoms with Gasteiger partial charge in [-0.15, -0.1) is 0 Å². The van der Waals surface area contributed by atoms with Crippen molar-refractivity contribution < 1.29 is 23.8 Å². The van der Waals surface area contributed by atoms with Gasteiger partial charge in [0.25, 0.3) is 0 Å². The van der Waals surface area contributed by atoms with Crippen molar-refractivity contribution in [3.63, 3.8) is 0 Å². The molecule has 0 aromatic heterocycles. The summed E-state index contributed by atoms with van der Waals surface area (Å²) in [6, 6.07) is 6.94. The molecule has 162 valence electrons. The van der Waals surface area contributed by atoms with Gasteiger partial charge >= 0.3 is 5.97 Å². The summed E-state index contributed by atoms with van der Waals surface area (Å²) < 4.78 is 16.0. The van der Waals surface area contributed by atoms with Gasteiger partial charge in [0, 0.05) is 7.11 Å². The minimum absolute atomic E-state index is 0.0350. The van der Waals surface area contributed by atoms with E-state index in [1.165, 1.54) is 11.8 Å². The SMILES string of the molecule is CCCOc1ccc(C2C(C(=O)OCCOC)=C(C)N=C3SC(CC)C(=O)N32)cc1. The first-order chi connectivity index (χ1) is 14.5. The highest BCUT2D eigenvalue weighted by Crippen LogP contribution is 2.44. The highest BCUT2D eigenvalue weighted by atomic mass is 32.2. The lowest BCUT2D eigenvalue weighted by atomic mass is 9.94. The van der Waals surface area contributed by atoms with Crippen LogP contribution in [0.3, 0.4) is 0 Å². The average molecular weight is 433 g/mol. The number of ether oxygens (including phenoxy) is 3. The third-order valence-corrected chi connectivity index (χ3v) is 6.25. The lowest BCUT2D eigenvalue weighted by molar-refractivity contribution is -0.141. The predicted molar refractivity (Wildman–Crippen MR) is 116 cm³/mol. The Morgan fingerprint density at radius 3 is 2.53 bits per heavy atom. The molecule has 0 spiro atoms. The molecule has 7 nitrogen and oxygen atoms in total. The number of esters is 1. The van der Waals surface area contributed by atoms with Crippen LogP contribution in [0.5, 0.6) is 5.75 Å². The summed E-state index contributed by atoms with van der Waals surface area (Å²) >= 11 is 1.45. The number of rotatable bonds is 9. The fraction of sp³-hybridized carbons (Fsp3) is 0.500. The molecule has 2 aliphatic heterocycles. The number of amides is 1. The highest BCUT2D eigenvalue weighted by molar-refractivity contribution is 8.15.